The van der Waals surface area contributed by atoms with Crippen molar-refractivity contribution in [3.8, 4) is 5.75 Å². The minimum atomic E-state index is -1.52. The molecule has 1 saturated carbocycles. The molecule has 7 heteroatoms. The molecule has 1 aliphatic carbocycles. The quantitative estimate of drug-likeness (QED) is 0.785. The van der Waals surface area contributed by atoms with Gasteiger partial charge in [0.15, 0.2) is 17.4 Å². The molecular formula is C19H22FNO5. The fourth-order valence-corrected chi connectivity index (χ4v) is 5.03. The number of nitrogens with zero attached hydrogens (tertiary/aromatic N) is 1. The van der Waals surface area contributed by atoms with Crippen LogP contribution in [0, 0.1) is 29.5 Å². The third-order valence-electron chi connectivity index (χ3n) is 6.42. The van der Waals surface area contributed by atoms with Crippen molar-refractivity contribution >= 4 is 11.8 Å². The number of fused-ring (bicyclic) bond motifs is 3. The highest BCUT2D eigenvalue weighted by molar-refractivity contribution is 6.05. The predicted octanol–water partition coefficient (Wildman–Crippen LogP) is 1.96. The summed E-state index contributed by atoms with van der Waals surface area (Å²) in [5.41, 5.74) is 0.500. The molecule has 3 aliphatic rings. The highest BCUT2D eigenvalue weighted by atomic mass is 19.1. The number of halogens is 1. The van der Waals surface area contributed by atoms with Crippen LogP contribution < -0.4 is 0 Å². The van der Waals surface area contributed by atoms with E-state index in [2.05, 4.69) is 0 Å². The Hall–Kier alpha value is -1.99. The first-order valence-electron chi connectivity index (χ1n) is 8.98. The van der Waals surface area contributed by atoms with Gasteiger partial charge in [0, 0.05) is 18.9 Å². The Bertz CT molecular complexity index is 783. The van der Waals surface area contributed by atoms with Gasteiger partial charge >= 0.3 is 0 Å². The minimum Gasteiger partial charge on any atom is -0.505 e. The third kappa shape index (κ3) is 2.23. The van der Waals surface area contributed by atoms with Crippen molar-refractivity contribution in [3.63, 3.8) is 0 Å². The number of hydrogen-bond acceptors (Lipinski definition) is 5. The first-order valence-corrected chi connectivity index (χ1v) is 8.98. The van der Waals surface area contributed by atoms with Crippen LogP contribution in [0.15, 0.2) is 18.2 Å². The summed E-state index contributed by atoms with van der Waals surface area (Å²) in [6.45, 7) is 1.92. The maximum Gasteiger partial charge on any atom is 0.233 e. The summed E-state index contributed by atoms with van der Waals surface area (Å²) in [5, 5.41) is 20.7. The van der Waals surface area contributed by atoms with Crippen LogP contribution >= 0.6 is 0 Å². The van der Waals surface area contributed by atoms with Crippen molar-refractivity contribution in [1.82, 2.24) is 4.90 Å². The van der Waals surface area contributed by atoms with Gasteiger partial charge in [-0.3, -0.25) is 14.5 Å². The zero-order valence-corrected chi connectivity index (χ0v) is 14.7. The fraction of sp³-hybridized carbons (Fsp3) is 0.579. The van der Waals surface area contributed by atoms with Crippen molar-refractivity contribution in [1.29, 1.82) is 0 Å². The second-order valence-corrected chi connectivity index (χ2v) is 7.62. The Morgan fingerprint density at radius 3 is 2.69 bits per heavy atom. The summed E-state index contributed by atoms with van der Waals surface area (Å²) >= 11 is 0. The molecule has 2 saturated heterocycles. The molecule has 2 amide bonds. The Balaban J connectivity index is 1.72. The lowest BCUT2D eigenvalue weighted by atomic mass is 9.64. The number of phenolic OH excluding ortho intramolecular Hbond substituents is 1. The van der Waals surface area contributed by atoms with Gasteiger partial charge in [-0.1, -0.05) is 13.0 Å². The van der Waals surface area contributed by atoms with Gasteiger partial charge in [0.2, 0.25) is 11.8 Å². The van der Waals surface area contributed by atoms with Gasteiger partial charge in [-0.05, 0) is 37.0 Å². The maximum absolute atomic E-state index is 13.7. The lowest BCUT2D eigenvalue weighted by Crippen LogP contribution is -2.53. The number of benzene rings is 1. The topological polar surface area (TPSA) is 87.1 Å². The van der Waals surface area contributed by atoms with E-state index in [4.69, 9.17) is 4.74 Å². The fourth-order valence-electron chi connectivity index (χ4n) is 5.03. The van der Waals surface area contributed by atoms with Crippen LogP contribution in [0.25, 0.3) is 0 Å². The molecule has 3 fully saturated rings. The zero-order valence-electron chi connectivity index (χ0n) is 14.7. The average Bonchev–Trinajstić information content (AvgIpc) is 3.07. The van der Waals surface area contributed by atoms with Gasteiger partial charge < -0.3 is 14.9 Å². The molecule has 140 valence electrons. The van der Waals surface area contributed by atoms with Crippen LogP contribution in [0.1, 0.15) is 37.9 Å². The summed E-state index contributed by atoms with van der Waals surface area (Å²) < 4.78 is 19.7. The summed E-state index contributed by atoms with van der Waals surface area (Å²) in [6, 6.07) is 3.99. The molecule has 6 atom stereocenters. The molecule has 6 nitrogen and oxygen atoms in total. The average molecular weight is 363 g/mol. The monoisotopic (exact) mass is 363 g/mol. The first kappa shape index (κ1) is 17.4. The molecule has 0 bridgehead atoms. The smallest absolute Gasteiger partial charge is 0.233 e. The van der Waals surface area contributed by atoms with Gasteiger partial charge in [-0.25, -0.2) is 4.39 Å². The van der Waals surface area contributed by atoms with E-state index >= 15 is 0 Å². The van der Waals surface area contributed by atoms with E-state index in [1.807, 2.05) is 6.92 Å². The Morgan fingerprint density at radius 2 is 2.04 bits per heavy atom. The summed E-state index contributed by atoms with van der Waals surface area (Å²) in [6.07, 6.45) is 0.741. The number of aliphatic hydroxyl groups is 1. The molecule has 0 radical (unpaired) electrons. The molecular weight excluding hydrogens is 341 g/mol. The largest absolute Gasteiger partial charge is 0.505 e. The van der Waals surface area contributed by atoms with E-state index in [-0.39, 0.29) is 17.7 Å². The number of likely N-dealkylation sites (tertiary alicyclic amines) is 1. The van der Waals surface area contributed by atoms with E-state index in [1.165, 1.54) is 19.2 Å². The number of amides is 2. The lowest BCUT2D eigenvalue weighted by molar-refractivity contribution is -0.269. The lowest BCUT2D eigenvalue weighted by Gasteiger charge is -2.44. The maximum atomic E-state index is 13.7. The van der Waals surface area contributed by atoms with Gasteiger partial charge in [0.1, 0.15) is 0 Å². The SMILES string of the molecule is CC[C@H]1C[C@@H]2C(=O)N(C)C(=O)[C@@H]2[C@@H]2C[C@@H](c3ccc(O)c(F)c3)O[C@]12O. The van der Waals surface area contributed by atoms with Gasteiger partial charge in [-0.15, -0.1) is 0 Å². The number of hydrogen-bond donors (Lipinski definition) is 2. The van der Waals surface area contributed by atoms with E-state index in [9.17, 15) is 24.2 Å². The number of rotatable bonds is 2. The van der Waals surface area contributed by atoms with Gasteiger partial charge in [0.05, 0.1) is 17.9 Å². The molecule has 1 aromatic carbocycles. The Kier molecular flexibility index (Phi) is 3.86. The van der Waals surface area contributed by atoms with Crippen LogP contribution in [-0.4, -0.2) is 39.8 Å². The van der Waals surface area contributed by atoms with Crippen LogP contribution in [0.3, 0.4) is 0 Å². The molecule has 0 spiro atoms. The van der Waals surface area contributed by atoms with E-state index < -0.39 is 41.2 Å². The van der Waals surface area contributed by atoms with Crippen LogP contribution in [-0.2, 0) is 14.3 Å². The highest BCUT2D eigenvalue weighted by Gasteiger charge is 2.65. The normalized spacial score (nSPS) is 39.2. The van der Waals surface area contributed by atoms with Crippen LogP contribution in [0.4, 0.5) is 4.39 Å². The standard InChI is InChI=1S/C19H22FNO5/c1-3-10-7-11-16(18(24)21(2)17(11)23)12-8-15(26-19(10,12)25)9-4-5-14(22)13(20)6-9/h4-6,10-12,15-16,22,25H,3,7-8H2,1-2H3/t10-,11-,12-,15-,16-,19+/m0/s1. The third-order valence-corrected chi connectivity index (χ3v) is 6.42. The number of carbonyl (C=O) groups is 2. The first-order chi connectivity index (χ1) is 12.3. The van der Waals surface area contributed by atoms with Crippen LogP contribution in [0.5, 0.6) is 5.75 Å². The van der Waals surface area contributed by atoms with E-state index in [0.717, 1.165) is 4.90 Å². The minimum absolute atomic E-state index is 0.195. The zero-order chi connectivity index (χ0) is 18.8. The summed E-state index contributed by atoms with van der Waals surface area (Å²) in [7, 11) is 1.48. The molecule has 4 rings (SSSR count). The predicted molar refractivity (Wildman–Crippen MR) is 88.1 cm³/mol. The van der Waals surface area contributed by atoms with E-state index in [0.29, 0.717) is 24.8 Å². The van der Waals surface area contributed by atoms with Crippen molar-refractivity contribution in [2.24, 2.45) is 23.7 Å². The molecule has 1 aromatic rings. The van der Waals surface area contributed by atoms with Gasteiger partial charge in [-0.2, -0.15) is 0 Å². The second-order valence-electron chi connectivity index (χ2n) is 7.62. The van der Waals surface area contributed by atoms with Crippen molar-refractivity contribution in [2.75, 3.05) is 7.05 Å². The second kappa shape index (κ2) is 5.76. The molecule has 2 heterocycles. The molecule has 0 aromatic heterocycles. The Morgan fingerprint density at radius 1 is 1.31 bits per heavy atom. The summed E-state index contributed by atoms with van der Waals surface area (Å²) in [4.78, 5) is 26.2. The van der Waals surface area contributed by atoms with Crippen molar-refractivity contribution in [3.05, 3.63) is 29.6 Å². The molecule has 26 heavy (non-hydrogen) atoms. The number of imide groups is 1. The van der Waals surface area contributed by atoms with Crippen molar-refractivity contribution < 1.29 is 28.9 Å². The Labute approximate surface area is 150 Å². The number of phenols is 1. The van der Waals surface area contributed by atoms with Gasteiger partial charge in [0.25, 0.3) is 0 Å². The number of ether oxygens (including phenoxy) is 1. The number of carbonyl (C=O) groups excluding carboxylic acids is 2. The summed E-state index contributed by atoms with van der Waals surface area (Å²) in [5.74, 6) is -5.03. The van der Waals surface area contributed by atoms with E-state index in [1.54, 1.807) is 6.07 Å². The molecule has 0 unspecified atom stereocenters. The molecule has 2 N–H and O–H groups in total. The van der Waals surface area contributed by atoms with Crippen molar-refractivity contribution in [2.45, 2.75) is 38.1 Å². The van der Waals surface area contributed by atoms with Crippen LogP contribution in [0.2, 0.25) is 0 Å². The highest BCUT2D eigenvalue weighted by Crippen LogP contribution is 2.58. The number of aromatic hydroxyl groups is 1. The molecule has 2 aliphatic heterocycles.